The summed E-state index contributed by atoms with van der Waals surface area (Å²) in [6.07, 6.45) is 1.61. The fourth-order valence-corrected chi connectivity index (χ4v) is 3.06. The monoisotopic (exact) mass is 298 g/mol. The second-order valence-corrected chi connectivity index (χ2v) is 6.31. The van der Waals surface area contributed by atoms with Crippen LogP contribution < -0.4 is 10.6 Å². The number of nitrogen functional groups attached to an aromatic ring is 1. The van der Waals surface area contributed by atoms with Gasteiger partial charge in [-0.15, -0.1) is 11.3 Å². The number of nitrogens with zero attached hydrogens (tertiary/aromatic N) is 3. The average molecular weight is 298 g/mol. The number of thiophene rings is 1. The van der Waals surface area contributed by atoms with Crippen LogP contribution in [0.2, 0.25) is 0 Å². The van der Waals surface area contributed by atoms with E-state index in [1.807, 2.05) is 18.2 Å². The predicted molar refractivity (Wildman–Crippen MR) is 89.6 cm³/mol. The normalized spacial score (nSPS) is 11.2. The molecular weight excluding hydrogens is 280 g/mol. The van der Waals surface area contributed by atoms with Gasteiger partial charge < -0.3 is 10.6 Å². The highest BCUT2D eigenvalue weighted by Crippen LogP contribution is 2.28. The zero-order valence-corrected chi connectivity index (χ0v) is 13.0. The summed E-state index contributed by atoms with van der Waals surface area (Å²) in [4.78, 5) is 12.5. The molecule has 4 nitrogen and oxygen atoms in total. The van der Waals surface area contributed by atoms with Crippen molar-refractivity contribution >= 4 is 33.7 Å². The average Bonchev–Trinajstić information content (AvgIpc) is 2.96. The molecule has 0 atom stereocenters. The smallest absolute Gasteiger partial charge is 0.140 e. The minimum absolute atomic E-state index is 0.350. The summed E-state index contributed by atoms with van der Waals surface area (Å²) in [5.74, 6) is 0.961. The van der Waals surface area contributed by atoms with Crippen LogP contribution in [0.4, 0.5) is 11.5 Å². The third kappa shape index (κ3) is 2.83. The van der Waals surface area contributed by atoms with E-state index in [2.05, 4.69) is 46.2 Å². The van der Waals surface area contributed by atoms with Crippen LogP contribution in [0.5, 0.6) is 0 Å². The van der Waals surface area contributed by atoms with Crippen molar-refractivity contribution in [2.45, 2.75) is 26.4 Å². The summed E-state index contributed by atoms with van der Waals surface area (Å²) in [6, 6.07) is 10.4. The lowest BCUT2D eigenvalue weighted by Crippen LogP contribution is -2.30. The zero-order valence-electron chi connectivity index (χ0n) is 12.2. The Morgan fingerprint density at radius 1 is 1.24 bits per heavy atom. The van der Waals surface area contributed by atoms with Crippen molar-refractivity contribution in [2.24, 2.45) is 0 Å². The number of hydrogen-bond acceptors (Lipinski definition) is 5. The lowest BCUT2D eigenvalue weighted by Gasteiger charge is -2.28. The van der Waals surface area contributed by atoms with Crippen molar-refractivity contribution in [3.05, 3.63) is 46.9 Å². The molecule has 2 heterocycles. The first kappa shape index (κ1) is 13.8. The summed E-state index contributed by atoms with van der Waals surface area (Å²) in [5, 5.41) is 3.14. The van der Waals surface area contributed by atoms with Gasteiger partial charge in [-0.25, -0.2) is 9.97 Å². The van der Waals surface area contributed by atoms with Crippen LogP contribution in [-0.2, 0) is 6.54 Å². The van der Waals surface area contributed by atoms with Gasteiger partial charge in [0.05, 0.1) is 12.1 Å². The van der Waals surface area contributed by atoms with E-state index in [0.717, 1.165) is 29.0 Å². The molecular formula is C16H18N4S. The molecule has 0 aliphatic rings. The predicted octanol–water partition coefficient (Wildman–Crippen LogP) is 3.69. The Morgan fingerprint density at radius 3 is 2.81 bits per heavy atom. The van der Waals surface area contributed by atoms with Crippen molar-refractivity contribution in [2.75, 3.05) is 10.6 Å². The molecule has 0 radical (unpaired) electrons. The molecule has 0 bridgehead atoms. The molecule has 0 saturated carbocycles. The summed E-state index contributed by atoms with van der Waals surface area (Å²) >= 11 is 1.77. The number of benzene rings is 1. The van der Waals surface area contributed by atoms with Gasteiger partial charge >= 0.3 is 0 Å². The Hall–Kier alpha value is -2.14. The van der Waals surface area contributed by atoms with Crippen LogP contribution in [-0.4, -0.2) is 16.0 Å². The second kappa shape index (κ2) is 5.69. The Kier molecular flexibility index (Phi) is 3.75. The minimum atomic E-state index is 0.350. The van der Waals surface area contributed by atoms with E-state index in [1.54, 1.807) is 17.7 Å². The maximum Gasteiger partial charge on any atom is 0.140 e. The fraction of sp³-hybridized carbons (Fsp3) is 0.250. The number of aromatic nitrogens is 2. The van der Waals surface area contributed by atoms with E-state index in [1.165, 1.54) is 4.88 Å². The Morgan fingerprint density at radius 2 is 2.10 bits per heavy atom. The third-order valence-corrected chi connectivity index (χ3v) is 4.30. The number of nitrogens with two attached hydrogens (primary N) is 1. The van der Waals surface area contributed by atoms with Crippen LogP contribution >= 0.6 is 11.3 Å². The Balaban J connectivity index is 2.07. The molecule has 3 aromatic rings. The Bertz CT molecular complexity index is 737. The summed E-state index contributed by atoms with van der Waals surface area (Å²) in [7, 11) is 0. The molecule has 2 aromatic heterocycles. The minimum Gasteiger partial charge on any atom is -0.399 e. The van der Waals surface area contributed by atoms with Crippen LogP contribution in [0.1, 0.15) is 18.7 Å². The van der Waals surface area contributed by atoms with Gasteiger partial charge in [-0.2, -0.15) is 0 Å². The van der Waals surface area contributed by atoms with E-state index in [4.69, 9.17) is 5.73 Å². The molecule has 3 rings (SSSR count). The van der Waals surface area contributed by atoms with Crippen LogP contribution in [0, 0.1) is 0 Å². The van der Waals surface area contributed by atoms with Crippen molar-refractivity contribution in [1.82, 2.24) is 9.97 Å². The highest BCUT2D eigenvalue weighted by atomic mass is 32.1. The van der Waals surface area contributed by atoms with Gasteiger partial charge in [-0.3, -0.25) is 0 Å². The standard InChI is InChI=1S/C16H18N4S/c1-11(2)20(9-13-4-3-7-21-13)16-14-6-5-12(17)8-15(14)18-10-19-16/h3-8,10-11H,9,17H2,1-2H3. The van der Waals surface area contributed by atoms with Gasteiger partial charge in [0.25, 0.3) is 0 Å². The van der Waals surface area contributed by atoms with Gasteiger partial charge in [-0.1, -0.05) is 6.07 Å². The molecule has 1 aromatic carbocycles. The lowest BCUT2D eigenvalue weighted by molar-refractivity contribution is 0.679. The maximum absolute atomic E-state index is 5.85. The molecule has 0 aliphatic carbocycles. The van der Waals surface area contributed by atoms with E-state index in [0.29, 0.717) is 6.04 Å². The highest BCUT2D eigenvalue weighted by Gasteiger charge is 2.16. The van der Waals surface area contributed by atoms with E-state index in [-0.39, 0.29) is 0 Å². The van der Waals surface area contributed by atoms with Crippen molar-refractivity contribution in [3.63, 3.8) is 0 Å². The summed E-state index contributed by atoms with van der Waals surface area (Å²) in [6.45, 7) is 5.21. The van der Waals surface area contributed by atoms with Gasteiger partial charge in [0.2, 0.25) is 0 Å². The highest BCUT2D eigenvalue weighted by molar-refractivity contribution is 7.09. The third-order valence-electron chi connectivity index (χ3n) is 3.44. The molecule has 0 saturated heterocycles. The van der Waals surface area contributed by atoms with Crippen molar-refractivity contribution in [3.8, 4) is 0 Å². The van der Waals surface area contributed by atoms with E-state index >= 15 is 0 Å². The molecule has 0 aliphatic heterocycles. The lowest BCUT2D eigenvalue weighted by atomic mass is 10.2. The van der Waals surface area contributed by atoms with Crippen molar-refractivity contribution < 1.29 is 0 Å². The zero-order chi connectivity index (χ0) is 14.8. The van der Waals surface area contributed by atoms with E-state index in [9.17, 15) is 0 Å². The van der Waals surface area contributed by atoms with Gasteiger partial charge in [0, 0.05) is 22.0 Å². The van der Waals surface area contributed by atoms with Gasteiger partial charge in [0.15, 0.2) is 0 Å². The molecule has 21 heavy (non-hydrogen) atoms. The van der Waals surface area contributed by atoms with Crippen LogP contribution in [0.25, 0.3) is 10.9 Å². The topological polar surface area (TPSA) is 55.0 Å². The maximum atomic E-state index is 5.85. The molecule has 0 spiro atoms. The van der Waals surface area contributed by atoms with Gasteiger partial charge in [-0.05, 0) is 43.5 Å². The number of fused-ring (bicyclic) bond motifs is 1. The van der Waals surface area contributed by atoms with Crippen LogP contribution in [0.3, 0.4) is 0 Å². The van der Waals surface area contributed by atoms with Crippen molar-refractivity contribution in [1.29, 1.82) is 0 Å². The summed E-state index contributed by atoms with van der Waals surface area (Å²) in [5.41, 5.74) is 7.46. The first-order valence-corrected chi connectivity index (χ1v) is 7.82. The molecule has 0 amide bonds. The molecule has 108 valence electrons. The molecule has 0 unspecified atom stereocenters. The fourth-order valence-electron chi connectivity index (χ4n) is 2.36. The second-order valence-electron chi connectivity index (χ2n) is 5.27. The quantitative estimate of drug-likeness (QED) is 0.746. The van der Waals surface area contributed by atoms with Gasteiger partial charge in [0.1, 0.15) is 12.1 Å². The molecule has 5 heteroatoms. The molecule has 0 fully saturated rings. The molecule has 2 N–H and O–H groups in total. The number of hydrogen-bond donors (Lipinski definition) is 1. The van der Waals surface area contributed by atoms with E-state index < -0.39 is 0 Å². The first-order valence-electron chi connectivity index (χ1n) is 6.94. The SMILES string of the molecule is CC(C)N(Cc1cccs1)c1ncnc2cc(N)ccc12. The Labute approximate surface area is 128 Å². The number of rotatable bonds is 4. The van der Waals surface area contributed by atoms with Crippen LogP contribution in [0.15, 0.2) is 42.0 Å². The first-order chi connectivity index (χ1) is 10.1. The summed E-state index contributed by atoms with van der Waals surface area (Å²) < 4.78 is 0. The largest absolute Gasteiger partial charge is 0.399 e. The number of anilines is 2.